The molecule has 2 aromatic rings. The molecule has 1 heterocycles. The Balaban J connectivity index is 2.59. The topological polar surface area (TPSA) is 51.8 Å². The highest BCUT2D eigenvalue weighted by atomic mass is 19.1. The molecule has 0 radical (unpaired) electrons. The molecule has 0 aliphatic rings. The summed E-state index contributed by atoms with van der Waals surface area (Å²) in [6.07, 6.45) is 0. The molecule has 0 unspecified atom stereocenters. The Kier molecular flexibility index (Phi) is 3.27. The summed E-state index contributed by atoms with van der Waals surface area (Å²) < 4.78 is 13.5. The van der Waals surface area contributed by atoms with Crippen molar-refractivity contribution >= 4 is 5.82 Å². The smallest absolute Gasteiger partial charge is 0.136 e. The Labute approximate surface area is 112 Å². The van der Waals surface area contributed by atoms with Crippen LogP contribution in [0.5, 0.6) is 0 Å². The molecule has 0 fully saturated rings. The van der Waals surface area contributed by atoms with Gasteiger partial charge in [-0.05, 0) is 30.7 Å². The highest BCUT2D eigenvalue weighted by Gasteiger charge is 2.19. The Morgan fingerprint density at radius 1 is 1.05 bits per heavy atom. The minimum absolute atomic E-state index is 0.202. The Morgan fingerprint density at radius 2 is 1.74 bits per heavy atom. The van der Waals surface area contributed by atoms with E-state index in [0.717, 1.165) is 11.1 Å². The highest BCUT2D eigenvalue weighted by molar-refractivity contribution is 5.63. The minimum atomic E-state index is -0.274. The number of nitrogens with zero attached hydrogens (tertiary/aromatic N) is 2. The molecular formula is C15H18FN3. The van der Waals surface area contributed by atoms with Gasteiger partial charge in [0.05, 0.1) is 5.69 Å². The Morgan fingerprint density at radius 3 is 2.32 bits per heavy atom. The number of benzene rings is 1. The third kappa shape index (κ3) is 3.08. The van der Waals surface area contributed by atoms with Gasteiger partial charge in [-0.3, -0.25) is 0 Å². The minimum Gasteiger partial charge on any atom is -0.384 e. The van der Waals surface area contributed by atoms with Gasteiger partial charge >= 0.3 is 0 Å². The van der Waals surface area contributed by atoms with Crippen LogP contribution in [-0.2, 0) is 5.41 Å². The number of hydrogen-bond acceptors (Lipinski definition) is 3. The number of aromatic nitrogens is 2. The zero-order valence-corrected chi connectivity index (χ0v) is 11.7. The lowest BCUT2D eigenvalue weighted by Gasteiger charge is -2.18. The van der Waals surface area contributed by atoms with Crippen LogP contribution in [0.4, 0.5) is 10.2 Å². The van der Waals surface area contributed by atoms with Crippen LogP contribution in [0.15, 0.2) is 24.3 Å². The molecule has 0 saturated heterocycles. The molecule has 3 nitrogen and oxygen atoms in total. The van der Waals surface area contributed by atoms with E-state index >= 15 is 0 Å². The van der Waals surface area contributed by atoms with Crippen LogP contribution >= 0.6 is 0 Å². The third-order valence-corrected chi connectivity index (χ3v) is 2.75. The molecule has 100 valence electrons. The summed E-state index contributed by atoms with van der Waals surface area (Å²) in [5.41, 5.74) is 7.85. The van der Waals surface area contributed by atoms with Gasteiger partial charge in [-0.25, -0.2) is 14.4 Å². The zero-order chi connectivity index (χ0) is 14.2. The maximum atomic E-state index is 13.5. The highest BCUT2D eigenvalue weighted by Crippen LogP contribution is 2.25. The van der Waals surface area contributed by atoms with E-state index in [0.29, 0.717) is 17.3 Å². The fraction of sp³-hybridized carbons (Fsp3) is 0.333. The number of nitrogens with two attached hydrogens (primary N) is 1. The van der Waals surface area contributed by atoms with Gasteiger partial charge in [0.2, 0.25) is 0 Å². The molecular weight excluding hydrogens is 241 g/mol. The standard InChI is InChI=1S/C15H18FN3/c1-9-5-10(7-11(16)6-9)12-8-13(17)19-14(18-12)15(2,3)4/h5-8H,1-4H3,(H2,17,18,19). The number of nitrogen functional groups attached to an aromatic ring is 1. The lowest BCUT2D eigenvalue weighted by atomic mass is 9.95. The molecule has 0 atom stereocenters. The normalized spacial score (nSPS) is 11.6. The van der Waals surface area contributed by atoms with Gasteiger partial charge in [-0.1, -0.05) is 20.8 Å². The van der Waals surface area contributed by atoms with Crippen LogP contribution in [-0.4, -0.2) is 9.97 Å². The first-order valence-corrected chi connectivity index (χ1v) is 6.18. The number of aryl methyl sites for hydroxylation is 1. The second-order valence-electron chi connectivity index (χ2n) is 5.77. The molecule has 0 aliphatic heterocycles. The summed E-state index contributed by atoms with van der Waals surface area (Å²) >= 11 is 0. The van der Waals surface area contributed by atoms with E-state index in [2.05, 4.69) is 9.97 Å². The van der Waals surface area contributed by atoms with Crippen molar-refractivity contribution in [3.05, 3.63) is 41.5 Å². The molecule has 2 N–H and O–H groups in total. The van der Waals surface area contributed by atoms with E-state index in [4.69, 9.17) is 5.73 Å². The van der Waals surface area contributed by atoms with Crippen molar-refractivity contribution < 1.29 is 4.39 Å². The van der Waals surface area contributed by atoms with E-state index < -0.39 is 0 Å². The van der Waals surface area contributed by atoms with E-state index in [1.54, 1.807) is 6.07 Å². The van der Waals surface area contributed by atoms with Gasteiger partial charge in [-0.2, -0.15) is 0 Å². The van der Waals surface area contributed by atoms with E-state index in [1.807, 2.05) is 33.8 Å². The average molecular weight is 259 g/mol. The van der Waals surface area contributed by atoms with E-state index in [9.17, 15) is 4.39 Å². The summed E-state index contributed by atoms with van der Waals surface area (Å²) in [6, 6.07) is 6.50. The van der Waals surface area contributed by atoms with Crippen molar-refractivity contribution in [2.75, 3.05) is 5.73 Å². The molecule has 0 saturated carbocycles. The van der Waals surface area contributed by atoms with Crippen molar-refractivity contribution in [3.8, 4) is 11.3 Å². The first kappa shape index (κ1) is 13.5. The largest absolute Gasteiger partial charge is 0.384 e. The first-order chi connectivity index (χ1) is 8.75. The van der Waals surface area contributed by atoms with Gasteiger partial charge < -0.3 is 5.73 Å². The van der Waals surface area contributed by atoms with Crippen LogP contribution in [0.3, 0.4) is 0 Å². The van der Waals surface area contributed by atoms with Crippen LogP contribution in [0.25, 0.3) is 11.3 Å². The fourth-order valence-electron chi connectivity index (χ4n) is 1.83. The molecule has 19 heavy (non-hydrogen) atoms. The van der Waals surface area contributed by atoms with E-state index in [-0.39, 0.29) is 11.2 Å². The van der Waals surface area contributed by atoms with Gasteiger partial charge in [0, 0.05) is 17.0 Å². The van der Waals surface area contributed by atoms with Crippen molar-refractivity contribution in [2.45, 2.75) is 33.1 Å². The second-order valence-corrected chi connectivity index (χ2v) is 5.77. The average Bonchev–Trinajstić information content (AvgIpc) is 2.25. The maximum absolute atomic E-state index is 13.5. The number of anilines is 1. The predicted molar refractivity (Wildman–Crippen MR) is 75.3 cm³/mol. The molecule has 0 aliphatic carbocycles. The summed E-state index contributed by atoms with van der Waals surface area (Å²) in [5, 5.41) is 0. The number of halogens is 1. The predicted octanol–water partition coefficient (Wildman–Crippen LogP) is 3.47. The van der Waals surface area contributed by atoms with Gasteiger partial charge in [0.15, 0.2) is 0 Å². The van der Waals surface area contributed by atoms with Crippen molar-refractivity contribution in [3.63, 3.8) is 0 Å². The second kappa shape index (κ2) is 4.61. The lowest BCUT2D eigenvalue weighted by molar-refractivity contribution is 0.547. The lowest BCUT2D eigenvalue weighted by Crippen LogP contribution is -2.17. The molecule has 0 amide bonds. The van der Waals surface area contributed by atoms with Gasteiger partial charge in [-0.15, -0.1) is 0 Å². The third-order valence-electron chi connectivity index (χ3n) is 2.75. The van der Waals surface area contributed by atoms with Crippen LogP contribution < -0.4 is 5.73 Å². The number of hydrogen-bond donors (Lipinski definition) is 1. The van der Waals surface area contributed by atoms with Gasteiger partial charge in [0.25, 0.3) is 0 Å². The fourth-order valence-corrected chi connectivity index (χ4v) is 1.83. The van der Waals surface area contributed by atoms with Crippen LogP contribution in [0, 0.1) is 12.7 Å². The molecule has 0 spiro atoms. The maximum Gasteiger partial charge on any atom is 0.136 e. The molecule has 1 aromatic carbocycles. The summed E-state index contributed by atoms with van der Waals surface area (Å²) in [4.78, 5) is 8.75. The summed E-state index contributed by atoms with van der Waals surface area (Å²) in [5.74, 6) is 0.783. The Hall–Kier alpha value is -1.97. The van der Waals surface area contributed by atoms with Crippen LogP contribution in [0.2, 0.25) is 0 Å². The van der Waals surface area contributed by atoms with Crippen molar-refractivity contribution in [1.29, 1.82) is 0 Å². The molecule has 4 heteroatoms. The summed E-state index contributed by atoms with van der Waals surface area (Å²) in [7, 11) is 0. The monoisotopic (exact) mass is 259 g/mol. The van der Waals surface area contributed by atoms with E-state index in [1.165, 1.54) is 12.1 Å². The quantitative estimate of drug-likeness (QED) is 0.853. The van der Waals surface area contributed by atoms with Crippen molar-refractivity contribution in [1.82, 2.24) is 9.97 Å². The zero-order valence-electron chi connectivity index (χ0n) is 11.7. The number of rotatable bonds is 1. The molecule has 0 bridgehead atoms. The SMILES string of the molecule is Cc1cc(F)cc(-c2cc(N)nc(C(C)(C)C)n2)c1. The first-order valence-electron chi connectivity index (χ1n) is 6.18. The van der Waals surface area contributed by atoms with Gasteiger partial charge in [0.1, 0.15) is 17.5 Å². The summed E-state index contributed by atoms with van der Waals surface area (Å²) in [6.45, 7) is 7.90. The molecule has 1 aromatic heterocycles. The van der Waals surface area contributed by atoms with Crippen LogP contribution in [0.1, 0.15) is 32.2 Å². The van der Waals surface area contributed by atoms with Crippen molar-refractivity contribution in [2.24, 2.45) is 0 Å². The Bertz CT molecular complexity index is 595. The molecule has 2 rings (SSSR count).